The smallest absolute Gasteiger partial charge is 0.138 e. The van der Waals surface area contributed by atoms with Gasteiger partial charge in [0, 0.05) is 5.56 Å². The molecule has 2 aromatic heterocycles. The number of hydrogen-bond acceptors (Lipinski definition) is 4. The zero-order chi connectivity index (χ0) is 20.5. The number of rotatable bonds is 4. The van der Waals surface area contributed by atoms with Crippen molar-refractivity contribution in [1.82, 2.24) is 19.7 Å². The summed E-state index contributed by atoms with van der Waals surface area (Å²) >= 11 is 0. The molecule has 0 radical (unpaired) electrons. The highest BCUT2D eigenvalue weighted by molar-refractivity contribution is 5.79. The minimum Gasteiger partial charge on any atom is -0.338 e. The van der Waals surface area contributed by atoms with Gasteiger partial charge in [-0.05, 0) is 62.4 Å². The maximum Gasteiger partial charge on any atom is 0.138 e. The maximum atomic E-state index is 4.64. The van der Waals surface area contributed by atoms with Crippen molar-refractivity contribution in [2.45, 2.75) is 13.8 Å². The van der Waals surface area contributed by atoms with E-state index in [2.05, 4.69) is 25.3 Å². The molecular weight excluding hydrogens is 372 g/mol. The lowest BCUT2D eigenvalue weighted by Crippen LogP contribution is -1.98. The third kappa shape index (κ3) is 3.28. The average Bonchev–Trinajstić information content (AvgIpc) is 3.34. The second-order valence-corrected chi connectivity index (χ2v) is 7.12. The van der Waals surface area contributed by atoms with Gasteiger partial charge >= 0.3 is 0 Å². The highest BCUT2D eigenvalue weighted by atomic mass is 15.3. The van der Waals surface area contributed by atoms with Crippen LogP contribution >= 0.6 is 0 Å². The van der Waals surface area contributed by atoms with Crippen LogP contribution in [0.3, 0.4) is 0 Å². The molecule has 5 aromatic rings. The fourth-order valence-corrected chi connectivity index (χ4v) is 3.48. The van der Waals surface area contributed by atoms with Crippen LogP contribution in [-0.2, 0) is 0 Å². The Bertz CT molecular complexity index is 1310. The summed E-state index contributed by atoms with van der Waals surface area (Å²) in [6.45, 7) is 3.96. The molecule has 6 heteroatoms. The molecule has 0 saturated carbocycles. The Hall–Kier alpha value is -4.06. The molecule has 3 aromatic carbocycles. The minimum absolute atomic E-state index is 0.779. The zero-order valence-electron chi connectivity index (χ0n) is 16.7. The summed E-state index contributed by atoms with van der Waals surface area (Å²) in [7, 11) is 0. The van der Waals surface area contributed by atoms with Crippen molar-refractivity contribution >= 4 is 22.4 Å². The number of hydrogen-bond donors (Lipinski definition) is 1. The molecule has 0 bridgehead atoms. The fourth-order valence-electron chi connectivity index (χ4n) is 3.48. The van der Waals surface area contributed by atoms with Crippen LogP contribution in [0.25, 0.3) is 28.1 Å². The van der Waals surface area contributed by atoms with E-state index in [1.54, 1.807) is 0 Å². The van der Waals surface area contributed by atoms with Crippen LogP contribution in [0.4, 0.5) is 11.4 Å². The number of imidazole rings is 1. The normalized spacial score (nSPS) is 11.5. The van der Waals surface area contributed by atoms with Crippen LogP contribution in [0.5, 0.6) is 0 Å². The van der Waals surface area contributed by atoms with Gasteiger partial charge in [0.2, 0.25) is 0 Å². The quantitative estimate of drug-likeness (QED) is 0.357. The van der Waals surface area contributed by atoms with Crippen molar-refractivity contribution in [3.8, 4) is 17.1 Å². The van der Waals surface area contributed by atoms with Crippen LogP contribution in [-0.4, -0.2) is 19.7 Å². The first-order valence-corrected chi connectivity index (χ1v) is 9.77. The number of nitrogens with zero attached hydrogens (tertiary/aromatic N) is 5. The van der Waals surface area contributed by atoms with Gasteiger partial charge in [0.25, 0.3) is 0 Å². The van der Waals surface area contributed by atoms with Crippen molar-refractivity contribution < 1.29 is 0 Å². The van der Waals surface area contributed by atoms with Gasteiger partial charge in [-0.2, -0.15) is 10.2 Å². The van der Waals surface area contributed by atoms with E-state index >= 15 is 0 Å². The summed E-state index contributed by atoms with van der Waals surface area (Å²) < 4.78 is 1.90. The highest BCUT2D eigenvalue weighted by Crippen LogP contribution is 2.28. The molecule has 146 valence electrons. The highest BCUT2D eigenvalue weighted by Gasteiger charge is 2.12. The van der Waals surface area contributed by atoms with Crippen LogP contribution in [0, 0.1) is 13.8 Å². The van der Waals surface area contributed by atoms with Crippen molar-refractivity contribution in [3.05, 3.63) is 90.3 Å². The van der Waals surface area contributed by atoms with E-state index in [-0.39, 0.29) is 0 Å². The summed E-state index contributed by atoms with van der Waals surface area (Å²) in [6.07, 6.45) is 0. The molecule has 0 unspecified atom stereocenters. The van der Waals surface area contributed by atoms with Crippen molar-refractivity contribution in [3.63, 3.8) is 0 Å². The van der Waals surface area contributed by atoms with Gasteiger partial charge in [0.1, 0.15) is 11.5 Å². The van der Waals surface area contributed by atoms with E-state index in [1.807, 2.05) is 97.4 Å². The molecule has 0 aliphatic carbocycles. The molecule has 0 amide bonds. The van der Waals surface area contributed by atoms with Crippen LogP contribution < -0.4 is 0 Å². The molecule has 0 spiro atoms. The second kappa shape index (κ2) is 7.40. The lowest BCUT2D eigenvalue weighted by molar-refractivity contribution is 0.833. The van der Waals surface area contributed by atoms with Gasteiger partial charge < -0.3 is 4.98 Å². The molecule has 6 nitrogen and oxygen atoms in total. The molecule has 2 heterocycles. The number of fused-ring (bicyclic) bond motifs is 1. The lowest BCUT2D eigenvalue weighted by Gasteiger charge is -2.03. The largest absolute Gasteiger partial charge is 0.338 e. The molecule has 0 aliphatic heterocycles. The summed E-state index contributed by atoms with van der Waals surface area (Å²) in [5.41, 5.74) is 7.38. The monoisotopic (exact) mass is 392 g/mol. The number of para-hydroxylation sites is 3. The Morgan fingerprint density at radius 3 is 2.30 bits per heavy atom. The summed E-state index contributed by atoms with van der Waals surface area (Å²) in [5.74, 6) is 0.843. The van der Waals surface area contributed by atoms with Crippen molar-refractivity contribution in [2.24, 2.45) is 10.2 Å². The van der Waals surface area contributed by atoms with Crippen LogP contribution in [0.1, 0.15) is 11.4 Å². The Morgan fingerprint density at radius 1 is 0.800 bits per heavy atom. The van der Waals surface area contributed by atoms with E-state index in [9.17, 15) is 0 Å². The van der Waals surface area contributed by atoms with Gasteiger partial charge in [-0.3, -0.25) is 0 Å². The van der Waals surface area contributed by atoms with Gasteiger partial charge in [-0.25, -0.2) is 9.67 Å². The van der Waals surface area contributed by atoms with Crippen LogP contribution in [0.15, 0.2) is 89.1 Å². The van der Waals surface area contributed by atoms with Gasteiger partial charge in [-0.1, -0.05) is 30.3 Å². The summed E-state index contributed by atoms with van der Waals surface area (Å²) in [6, 6.07) is 25.9. The first kappa shape index (κ1) is 18.0. The van der Waals surface area contributed by atoms with E-state index in [0.717, 1.165) is 50.9 Å². The summed E-state index contributed by atoms with van der Waals surface area (Å²) in [5, 5.41) is 13.5. The molecular formula is C24H20N6. The van der Waals surface area contributed by atoms with Crippen molar-refractivity contribution in [2.75, 3.05) is 0 Å². The predicted octanol–water partition coefficient (Wildman–Crippen LogP) is 6.45. The van der Waals surface area contributed by atoms with E-state index in [4.69, 9.17) is 0 Å². The summed E-state index contributed by atoms with van der Waals surface area (Å²) in [4.78, 5) is 7.99. The third-order valence-corrected chi connectivity index (χ3v) is 5.05. The topological polar surface area (TPSA) is 71.2 Å². The first-order chi connectivity index (χ1) is 14.7. The molecule has 5 rings (SSSR count). The molecule has 0 aliphatic rings. The standard InChI is InChI=1S/C24H20N6/c1-16-23(17(2)30(29-16)20-8-4-3-5-9-20)28-27-19-14-12-18(13-15-19)24-25-21-10-6-7-11-22(21)26-24/h3-15H,1-2H3,(H,25,26). The number of H-pyrrole nitrogens is 1. The molecule has 0 saturated heterocycles. The number of aromatic amines is 1. The Labute approximate surface area is 173 Å². The van der Waals surface area contributed by atoms with Crippen molar-refractivity contribution in [1.29, 1.82) is 0 Å². The van der Waals surface area contributed by atoms with Crippen LogP contribution in [0.2, 0.25) is 0 Å². The first-order valence-electron chi connectivity index (χ1n) is 9.77. The van der Waals surface area contributed by atoms with Gasteiger partial charge in [0.05, 0.1) is 33.8 Å². The Balaban J connectivity index is 1.40. The minimum atomic E-state index is 0.779. The van der Waals surface area contributed by atoms with E-state index < -0.39 is 0 Å². The number of aromatic nitrogens is 4. The zero-order valence-corrected chi connectivity index (χ0v) is 16.7. The molecule has 1 N–H and O–H groups in total. The number of nitrogens with one attached hydrogen (secondary N) is 1. The molecule has 0 fully saturated rings. The SMILES string of the molecule is Cc1nn(-c2ccccc2)c(C)c1N=Nc1ccc(-c2nc3ccccc3[nH]2)cc1. The Morgan fingerprint density at radius 2 is 1.53 bits per heavy atom. The maximum absolute atomic E-state index is 4.64. The molecule has 0 atom stereocenters. The van der Waals surface area contributed by atoms with E-state index in [0.29, 0.717) is 0 Å². The predicted molar refractivity (Wildman–Crippen MR) is 119 cm³/mol. The van der Waals surface area contributed by atoms with E-state index in [1.165, 1.54) is 0 Å². The fraction of sp³-hybridized carbons (Fsp3) is 0.0833. The second-order valence-electron chi connectivity index (χ2n) is 7.12. The third-order valence-electron chi connectivity index (χ3n) is 5.05. The average molecular weight is 392 g/mol. The Kier molecular flexibility index (Phi) is 4.44. The van der Waals surface area contributed by atoms with Gasteiger partial charge in [-0.15, -0.1) is 5.11 Å². The number of azo groups is 1. The number of benzene rings is 3. The lowest BCUT2D eigenvalue weighted by atomic mass is 10.2. The molecule has 30 heavy (non-hydrogen) atoms. The van der Waals surface area contributed by atoms with Gasteiger partial charge in [0.15, 0.2) is 0 Å². The number of aryl methyl sites for hydroxylation is 1.